The van der Waals surface area contributed by atoms with Crippen LogP contribution < -0.4 is 10.7 Å². The Balaban J connectivity index is 1.64. The number of benzene rings is 2. The molecule has 27 heavy (non-hydrogen) atoms. The number of halogens is 1. The molecule has 1 aromatic heterocycles. The molecule has 3 aromatic rings. The summed E-state index contributed by atoms with van der Waals surface area (Å²) in [5.74, 6) is -0.976. The Bertz CT molecular complexity index is 1150. The minimum Gasteiger partial charge on any atom is -0.463 e. The van der Waals surface area contributed by atoms with E-state index in [0.717, 1.165) is 4.90 Å². The lowest BCUT2D eigenvalue weighted by Crippen LogP contribution is -2.30. The smallest absolute Gasteiger partial charge is 0.329 e. The van der Waals surface area contributed by atoms with Crippen molar-refractivity contribution in [3.63, 3.8) is 0 Å². The number of urea groups is 1. The highest BCUT2D eigenvalue weighted by atomic mass is 19.1. The lowest BCUT2D eigenvalue weighted by molar-refractivity contribution is -0.123. The summed E-state index contributed by atoms with van der Waals surface area (Å²) in [5, 5.41) is 2.83. The molecule has 4 rings (SSSR count). The lowest BCUT2D eigenvalue weighted by atomic mass is 10.1. The first-order valence-corrected chi connectivity index (χ1v) is 8.12. The maximum atomic E-state index is 13.0. The number of hydrogen-bond donors (Lipinski definition) is 1. The fourth-order valence-electron chi connectivity index (χ4n) is 2.84. The van der Waals surface area contributed by atoms with E-state index < -0.39 is 17.8 Å². The predicted octanol–water partition coefficient (Wildman–Crippen LogP) is 3.03. The molecule has 1 fully saturated rings. The fourth-order valence-corrected chi connectivity index (χ4v) is 2.84. The van der Waals surface area contributed by atoms with Gasteiger partial charge in [-0.1, -0.05) is 24.3 Å². The first kappa shape index (κ1) is 16.7. The second-order valence-corrected chi connectivity index (χ2v) is 6.02. The van der Waals surface area contributed by atoms with E-state index in [1.54, 1.807) is 24.3 Å². The van der Waals surface area contributed by atoms with Crippen LogP contribution in [-0.2, 0) is 11.3 Å². The van der Waals surface area contributed by atoms with E-state index in [9.17, 15) is 18.8 Å². The van der Waals surface area contributed by atoms with Crippen molar-refractivity contribution in [3.05, 3.63) is 87.7 Å². The molecule has 0 aliphatic carbocycles. The molecule has 1 saturated heterocycles. The van der Waals surface area contributed by atoms with Crippen LogP contribution in [0, 0.1) is 5.82 Å². The molecule has 3 amide bonds. The van der Waals surface area contributed by atoms with E-state index in [0.29, 0.717) is 16.5 Å². The molecule has 0 saturated carbocycles. The van der Waals surface area contributed by atoms with Gasteiger partial charge in [0.05, 0.1) is 17.5 Å². The van der Waals surface area contributed by atoms with Crippen LogP contribution in [0.15, 0.2) is 69.7 Å². The average Bonchev–Trinajstić information content (AvgIpc) is 2.93. The number of nitrogens with zero attached hydrogens (tertiary/aromatic N) is 1. The summed E-state index contributed by atoms with van der Waals surface area (Å²) in [5.41, 5.74) is 0.866. The first-order chi connectivity index (χ1) is 13.0. The van der Waals surface area contributed by atoms with Crippen LogP contribution >= 0.6 is 0 Å². The third-order valence-corrected chi connectivity index (χ3v) is 4.22. The van der Waals surface area contributed by atoms with Crippen molar-refractivity contribution < 1.29 is 18.4 Å². The van der Waals surface area contributed by atoms with Crippen LogP contribution in [0.5, 0.6) is 0 Å². The molecule has 0 bridgehead atoms. The van der Waals surface area contributed by atoms with Crippen molar-refractivity contribution in [2.24, 2.45) is 0 Å². The topological polar surface area (TPSA) is 79.6 Å². The molecule has 0 spiro atoms. The Kier molecular flexibility index (Phi) is 4.04. The Morgan fingerprint density at radius 2 is 1.78 bits per heavy atom. The van der Waals surface area contributed by atoms with Crippen molar-refractivity contribution in [2.45, 2.75) is 6.54 Å². The highest BCUT2D eigenvalue weighted by Crippen LogP contribution is 2.18. The maximum Gasteiger partial charge on any atom is 0.329 e. The van der Waals surface area contributed by atoms with Gasteiger partial charge in [-0.15, -0.1) is 0 Å². The normalized spacial score (nSPS) is 15.6. The fraction of sp³-hybridized carbons (Fsp3) is 0.0500. The van der Waals surface area contributed by atoms with Crippen LogP contribution in [0.4, 0.5) is 9.18 Å². The zero-order chi connectivity index (χ0) is 19.0. The molecule has 0 unspecified atom stereocenters. The van der Waals surface area contributed by atoms with Crippen LogP contribution in [-0.4, -0.2) is 16.8 Å². The molecule has 2 heterocycles. The monoisotopic (exact) mass is 364 g/mol. The van der Waals surface area contributed by atoms with Crippen LogP contribution in [0.2, 0.25) is 0 Å². The molecule has 0 atom stereocenters. The zero-order valence-corrected chi connectivity index (χ0v) is 13.9. The summed E-state index contributed by atoms with van der Waals surface area (Å²) < 4.78 is 18.4. The van der Waals surface area contributed by atoms with Crippen molar-refractivity contribution in [1.29, 1.82) is 0 Å². The van der Waals surface area contributed by atoms with Crippen molar-refractivity contribution in [2.75, 3.05) is 0 Å². The molecule has 7 heteroatoms. The summed E-state index contributed by atoms with van der Waals surface area (Å²) >= 11 is 0. The molecule has 2 aromatic carbocycles. The van der Waals surface area contributed by atoms with Crippen LogP contribution in [0.3, 0.4) is 0 Å². The number of fused-ring (bicyclic) bond motifs is 1. The van der Waals surface area contributed by atoms with Gasteiger partial charge >= 0.3 is 6.03 Å². The average molecular weight is 364 g/mol. The SMILES string of the molecule is O=C1N/C(=C/c2coc3ccccc3c2=O)C(=O)N1Cc1ccc(F)cc1. The second kappa shape index (κ2) is 6.53. The van der Waals surface area contributed by atoms with Gasteiger partial charge < -0.3 is 9.73 Å². The zero-order valence-electron chi connectivity index (χ0n) is 13.9. The van der Waals surface area contributed by atoms with E-state index >= 15 is 0 Å². The standard InChI is InChI=1S/C20H13FN2O4/c21-14-7-5-12(6-8-14)10-23-19(25)16(22-20(23)26)9-13-11-27-17-4-2-1-3-15(17)18(13)24/h1-9,11H,10H2,(H,22,26)/b16-9+. The van der Waals surface area contributed by atoms with Gasteiger partial charge in [0.2, 0.25) is 0 Å². The number of nitrogens with one attached hydrogen (secondary N) is 1. The molecule has 1 N–H and O–H groups in total. The van der Waals surface area contributed by atoms with Gasteiger partial charge in [-0.05, 0) is 35.9 Å². The quantitative estimate of drug-likeness (QED) is 0.572. The number of hydrogen-bond acceptors (Lipinski definition) is 4. The maximum absolute atomic E-state index is 13.0. The third kappa shape index (κ3) is 3.10. The molecule has 134 valence electrons. The lowest BCUT2D eigenvalue weighted by Gasteiger charge is -2.11. The second-order valence-electron chi connectivity index (χ2n) is 6.02. The van der Waals surface area contributed by atoms with Gasteiger partial charge in [0, 0.05) is 0 Å². The number of rotatable bonds is 3. The van der Waals surface area contributed by atoms with Crippen molar-refractivity contribution in [3.8, 4) is 0 Å². The first-order valence-electron chi connectivity index (χ1n) is 8.12. The number of imide groups is 1. The third-order valence-electron chi connectivity index (χ3n) is 4.22. The molecule has 6 nitrogen and oxygen atoms in total. The van der Waals surface area contributed by atoms with Gasteiger partial charge in [-0.25, -0.2) is 9.18 Å². The van der Waals surface area contributed by atoms with Crippen LogP contribution in [0.25, 0.3) is 17.0 Å². The van der Waals surface area contributed by atoms with E-state index in [1.165, 1.54) is 36.6 Å². The summed E-state index contributed by atoms with van der Waals surface area (Å²) in [6.07, 6.45) is 2.54. The van der Waals surface area contributed by atoms with E-state index in [4.69, 9.17) is 4.42 Å². The number of para-hydroxylation sites is 1. The van der Waals surface area contributed by atoms with Crippen molar-refractivity contribution in [1.82, 2.24) is 10.2 Å². The Morgan fingerprint density at radius 3 is 2.56 bits per heavy atom. The molecular formula is C20H13FN2O4. The van der Waals surface area contributed by atoms with E-state index in [-0.39, 0.29) is 23.2 Å². The summed E-state index contributed by atoms with van der Waals surface area (Å²) in [6, 6.07) is 11.6. The molecule has 0 radical (unpaired) electrons. The highest BCUT2D eigenvalue weighted by molar-refractivity contribution is 6.13. The molecule has 1 aliphatic rings. The summed E-state index contributed by atoms with van der Waals surface area (Å²) in [4.78, 5) is 38.2. The summed E-state index contributed by atoms with van der Waals surface area (Å²) in [7, 11) is 0. The Morgan fingerprint density at radius 1 is 1.04 bits per heavy atom. The predicted molar refractivity (Wildman–Crippen MR) is 95.9 cm³/mol. The van der Waals surface area contributed by atoms with Gasteiger partial charge in [-0.2, -0.15) is 0 Å². The Labute approximate surface area is 152 Å². The number of carbonyl (C=O) groups is 2. The Hall–Kier alpha value is -3.74. The molecular weight excluding hydrogens is 351 g/mol. The summed E-state index contributed by atoms with van der Waals surface area (Å²) in [6.45, 7) is -0.00534. The van der Waals surface area contributed by atoms with Crippen molar-refractivity contribution >= 4 is 29.0 Å². The van der Waals surface area contributed by atoms with E-state index in [2.05, 4.69) is 5.32 Å². The minimum atomic E-state index is -0.610. The van der Waals surface area contributed by atoms with Gasteiger partial charge in [0.1, 0.15) is 23.4 Å². The van der Waals surface area contributed by atoms with E-state index in [1.807, 2.05) is 0 Å². The largest absolute Gasteiger partial charge is 0.463 e. The van der Waals surface area contributed by atoms with Crippen LogP contribution in [0.1, 0.15) is 11.1 Å². The number of amides is 3. The highest BCUT2D eigenvalue weighted by Gasteiger charge is 2.33. The van der Waals surface area contributed by atoms with Gasteiger partial charge in [-0.3, -0.25) is 14.5 Å². The minimum absolute atomic E-state index is 0.00534. The van der Waals surface area contributed by atoms with Gasteiger partial charge in [0.15, 0.2) is 5.43 Å². The number of carbonyl (C=O) groups excluding carboxylic acids is 2. The van der Waals surface area contributed by atoms with Gasteiger partial charge in [0.25, 0.3) is 5.91 Å². The molecule has 1 aliphatic heterocycles.